The van der Waals surface area contributed by atoms with Crippen LogP contribution in [0.1, 0.15) is 0 Å². The van der Waals surface area contributed by atoms with Gasteiger partial charge in [0.2, 0.25) is 0 Å². The molecule has 4 heteroatoms. The van der Waals surface area contributed by atoms with E-state index in [1.54, 1.807) is 18.3 Å². The molecule has 0 aliphatic heterocycles. The standard InChI is InChI=1S/C7H5ClN2O/c8-5-3-4-1-2-10-7(9)6(4)11-5/h1-3H,(H2,9,10). The fourth-order valence-corrected chi connectivity index (χ4v) is 1.15. The number of rotatable bonds is 0. The van der Waals surface area contributed by atoms with E-state index in [0.29, 0.717) is 16.6 Å². The summed E-state index contributed by atoms with van der Waals surface area (Å²) in [5, 5.41) is 1.21. The van der Waals surface area contributed by atoms with Gasteiger partial charge in [-0.2, -0.15) is 0 Å². The molecule has 0 saturated heterocycles. The Morgan fingerprint density at radius 1 is 1.55 bits per heavy atom. The molecule has 0 aromatic carbocycles. The number of aromatic nitrogens is 1. The van der Waals surface area contributed by atoms with Crippen LogP contribution < -0.4 is 5.73 Å². The predicted molar refractivity (Wildman–Crippen MR) is 43.4 cm³/mol. The molecule has 2 N–H and O–H groups in total. The smallest absolute Gasteiger partial charge is 0.194 e. The predicted octanol–water partition coefficient (Wildman–Crippen LogP) is 2.06. The molecule has 11 heavy (non-hydrogen) atoms. The van der Waals surface area contributed by atoms with E-state index in [2.05, 4.69) is 4.98 Å². The molecule has 0 bridgehead atoms. The number of fused-ring (bicyclic) bond motifs is 1. The Morgan fingerprint density at radius 3 is 3.09 bits per heavy atom. The van der Waals surface area contributed by atoms with Crippen LogP contribution in [0.4, 0.5) is 5.82 Å². The highest BCUT2D eigenvalue weighted by atomic mass is 35.5. The van der Waals surface area contributed by atoms with E-state index >= 15 is 0 Å². The Labute approximate surface area is 67.8 Å². The molecule has 2 aromatic heterocycles. The maximum absolute atomic E-state index is 5.61. The third-order valence-electron chi connectivity index (χ3n) is 1.43. The van der Waals surface area contributed by atoms with Crippen molar-refractivity contribution in [3.63, 3.8) is 0 Å². The van der Waals surface area contributed by atoms with Crippen molar-refractivity contribution in [3.05, 3.63) is 23.5 Å². The monoisotopic (exact) mass is 168 g/mol. The number of pyridine rings is 1. The highest BCUT2D eigenvalue weighted by Crippen LogP contribution is 2.25. The molecule has 2 rings (SSSR count). The van der Waals surface area contributed by atoms with Gasteiger partial charge in [-0.25, -0.2) is 4.98 Å². The van der Waals surface area contributed by atoms with Crippen molar-refractivity contribution in [2.75, 3.05) is 5.73 Å². The van der Waals surface area contributed by atoms with Gasteiger partial charge in [-0.3, -0.25) is 0 Å². The fourth-order valence-electron chi connectivity index (χ4n) is 0.954. The van der Waals surface area contributed by atoms with Crippen LogP contribution in [0, 0.1) is 0 Å². The number of hydrogen-bond acceptors (Lipinski definition) is 3. The summed E-state index contributed by atoms with van der Waals surface area (Å²) in [6.07, 6.45) is 1.61. The Bertz CT molecular complexity index is 396. The second-order valence-corrected chi connectivity index (χ2v) is 2.54. The molecule has 0 saturated carbocycles. The van der Waals surface area contributed by atoms with Gasteiger partial charge in [0.15, 0.2) is 16.6 Å². The largest absolute Gasteiger partial charge is 0.441 e. The van der Waals surface area contributed by atoms with Crippen molar-refractivity contribution in [2.45, 2.75) is 0 Å². The minimum absolute atomic E-state index is 0.333. The molecule has 0 spiro atoms. The molecule has 0 atom stereocenters. The number of nitrogens with two attached hydrogens (primary N) is 1. The van der Waals surface area contributed by atoms with Gasteiger partial charge in [-0.15, -0.1) is 0 Å². The third-order valence-corrected chi connectivity index (χ3v) is 1.62. The number of furan rings is 1. The first kappa shape index (κ1) is 6.49. The van der Waals surface area contributed by atoms with Crippen molar-refractivity contribution < 1.29 is 4.42 Å². The van der Waals surface area contributed by atoms with Gasteiger partial charge in [0, 0.05) is 17.6 Å². The van der Waals surface area contributed by atoms with Crippen LogP contribution in [0.15, 0.2) is 22.7 Å². The molecule has 3 nitrogen and oxygen atoms in total. The number of hydrogen-bond donors (Lipinski definition) is 1. The lowest BCUT2D eigenvalue weighted by molar-refractivity contribution is 0.618. The zero-order chi connectivity index (χ0) is 7.84. The van der Waals surface area contributed by atoms with E-state index in [-0.39, 0.29) is 0 Å². The lowest BCUT2D eigenvalue weighted by Gasteiger charge is -1.89. The summed E-state index contributed by atoms with van der Waals surface area (Å²) in [6, 6.07) is 3.50. The van der Waals surface area contributed by atoms with Crippen LogP contribution in [0.3, 0.4) is 0 Å². The molecule has 2 heterocycles. The van der Waals surface area contributed by atoms with E-state index in [1.165, 1.54) is 0 Å². The molecular weight excluding hydrogens is 164 g/mol. The second-order valence-electron chi connectivity index (χ2n) is 2.17. The summed E-state index contributed by atoms with van der Waals surface area (Å²) in [5.74, 6) is 0.370. The molecule has 0 unspecified atom stereocenters. The zero-order valence-corrected chi connectivity index (χ0v) is 6.30. The second kappa shape index (κ2) is 2.13. The number of halogens is 1. The van der Waals surface area contributed by atoms with Gasteiger partial charge >= 0.3 is 0 Å². The SMILES string of the molecule is Nc1nccc2cc(Cl)oc12. The highest BCUT2D eigenvalue weighted by molar-refractivity contribution is 6.29. The first-order valence-corrected chi connectivity index (χ1v) is 3.45. The van der Waals surface area contributed by atoms with Crippen LogP contribution in [0.5, 0.6) is 0 Å². The van der Waals surface area contributed by atoms with E-state index in [9.17, 15) is 0 Å². The van der Waals surface area contributed by atoms with Gasteiger partial charge in [0.1, 0.15) is 0 Å². The lowest BCUT2D eigenvalue weighted by Crippen LogP contribution is -1.87. The lowest BCUT2D eigenvalue weighted by atomic mass is 10.3. The molecule has 0 aliphatic rings. The van der Waals surface area contributed by atoms with Crippen molar-refractivity contribution >= 4 is 28.4 Å². The molecule has 56 valence electrons. The van der Waals surface area contributed by atoms with E-state index in [4.69, 9.17) is 21.8 Å². The maximum atomic E-state index is 5.61. The summed E-state index contributed by atoms with van der Waals surface area (Å²) in [4.78, 5) is 3.85. The fraction of sp³-hybridized carbons (Fsp3) is 0. The summed E-state index contributed by atoms with van der Waals surface area (Å²) in [5.41, 5.74) is 6.06. The Balaban J connectivity index is 2.90. The minimum atomic E-state index is 0.333. The summed E-state index contributed by atoms with van der Waals surface area (Å²) < 4.78 is 5.08. The van der Waals surface area contributed by atoms with Crippen molar-refractivity contribution in [3.8, 4) is 0 Å². The topological polar surface area (TPSA) is 52.0 Å². The Kier molecular flexibility index (Phi) is 1.26. The summed E-state index contributed by atoms with van der Waals surface area (Å²) in [6.45, 7) is 0. The Hall–Kier alpha value is -1.22. The van der Waals surface area contributed by atoms with E-state index in [1.807, 2.05) is 0 Å². The van der Waals surface area contributed by atoms with Crippen LogP contribution >= 0.6 is 11.6 Å². The van der Waals surface area contributed by atoms with Crippen LogP contribution in [0.25, 0.3) is 11.0 Å². The van der Waals surface area contributed by atoms with Crippen LogP contribution in [-0.2, 0) is 0 Å². The zero-order valence-electron chi connectivity index (χ0n) is 5.54. The summed E-state index contributed by atoms with van der Waals surface area (Å²) >= 11 is 5.61. The van der Waals surface area contributed by atoms with Gasteiger partial charge in [-0.05, 0) is 17.7 Å². The first-order valence-electron chi connectivity index (χ1n) is 3.07. The van der Waals surface area contributed by atoms with Gasteiger partial charge in [-0.1, -0.05) is 0 Å². The third kappa shape index (κ3) is 0.935. The molecule has 0 aliphatic carbocycles. The number of anilines is 1. The van der Waals surface area contributed by atoms with Gasteiger partial charge in [0.05, 0.1) is 0 Å². The molecule has 0 amide bonds. The van der Waals surface area contributed by atoms with Crippen LogP contribution in [-0.4, -0.2) is 4.98 Å². The number of nitrogen functional groups attached to an aromatic ring is 1. The molecular formula is C7H5ClN2O. The molecule has 2 aromatic rings. The van der Waals surface area contributed by atoms with E-state index in [0.717, 1.165) is 5.39 Å². The van der Waals surface area contributed by atoms with E-state index < -0.39 is 0 Å². The number of nitrogens with zero attached hydrogens (tertiary/aromatic N) is 1. The van der Waals surface area contributed by atoms with Crippen molar-refractivity contribution in [1.29, 1.82) is 0 Å². The highest BCUT2D eigenvalue weighted by Gasteiger charge is 2.03. The van der Waals surface area contributed by atoms with Crippen molar-refractivity contribution in [1.82, 2.24) is 4.98 Å². The first-order chi connectivity index (χ1) is 5.27. The van der Waals surface area contributed by atoms with Crippen molar-refractivity contribution in [2.24, 2.45) is 0 Å². The molecule has 0 fully saturated rings. The average Bonchev–Trinajstić information content (AvgIpc) is 2.31. The van der Waals surface area contributed by atoms with Gasteiger partial charge < -0.3 is 10.2 Å². The summed E-state index contributed by atoms with van der Waals surface area (Å²) in [7, 11) is 0. The maximum Gasteiger partial charge on any atom is 0.194 e. The Morgan fingerprint density at radius 2 is 2.36 bits per heavy atom. The normalized spacial score (nSPS) is 10.6. The van der Waals surface area contributed by atoms with Gasteiger partial charge in [0.25, 0.3) is 0 Å². The molecule has 0 radical (unpaired) electrons. The van der Waals surface area contributed by atoms with Crippen LogP contribution in [0.2, 0.25) is 5.22 Å². The minimum Gasteiger partial charge on any atom is -0.441 e. The average molecular weight is 169 g/mol. The quantitative estimate of drug-likeness (QED) is 0.655.